The predicted octanol–water partition coefficient (Wildman–Crippen LogP) is 2.74. The summed E-state index contributed by atoms with van der Waals surface area (Å²) in [5.41, 5.74) is 0.418. The smallest absolute Gasteiger partial charge is 0.252 e. The Kier molecular flexibility index (Phi) is 5.58. The molecule has 0 heterocycles. The molecule has 0 aromatic heterocycles. The summed E-state index contributed by atoms with van der Waals surface area (Å²) in [6.07, 6.45) is 0.776. The van der Waals surface area contributed by atoms with Gasteiger partial charge in [-0.1, -0.05) is 6.92 Å². The van der Waals surface area contributed by atoms with E-state index < -0.39 is 0 Å². The van der Waals surface area contributed by atoms with Gasteiger partial charge in [0, 0.05) is 11.6 Å². The van der Waals surface area contributed by atoms with Crippen molar-refractivity contribution in [1.82, 2.24) is 5.32 Å². The zero-order valence-electron chi connectivity index (χ0n) is 9.80. The van der Waals surface area contributed by atoms with Crippen molar-refractivity contribution >= 4 is 21.8 Å². The summed E-state index contributed by atoms with van der Waals surface area (Å²) >= 11 is 3.17. The van der Waals surface area contributed by atoms with Gasteiger partial charge in [0.25, 0.3) is 5.91 Å². The lowest BCUT2D eigenvalue weighted by Crippen LogP contribution is -2.37. The number of hydrogen-bond donors (Lipinski definition) is 1. The molecule has 0 saturated carbocycles. The van der Waals surface area contributed by atoms with Gasteiger partial charge < -0.3 is 10.1 Å². The fourth-order valence-corrected chi connectivity index (χ4v) is 1.93. The van der Waals surface area contributed by atoms with Gasteiger partial charge in [0.1, 0.15) is 5.82 Å². The lowest BCUT2D eigenvalue weighted by Gasteiger charge is -2.16. The number of carbonyl (C=O) groups is 1. The first-order chi connectivity index (χ1) is 8.08. The average Bonchev–Trinajstić information content (AvgIpc) is 2.28. The third-order valence-electron chi connectivity index (χ3n) is 2.37. The van der Waals surface area contributed by atoms with Crippen LogP contribution in [0.25, 0.3) is 0 Å². The van der Waals surface area contributed by atoms with Crippen molar-refractivity contribution in [2.24, 2.45) is 0 Å². The molecule has 0 aliphatic rings. The monoisotopic (exact) mass is 303 g/mol. The SMILES string of the molecule is CCC(COC)NC(=O)c1ccc(F)cc1Br. The molecule has 1 aromatic carbocycles. The molecule has 0 spiro atoms. The molecule has 1 rings (SSSR count). The molecule has 5 heteroatoms. The van der Waals surface area contributed by atoms with E-state index in [4.69, 9.17) is 4.74 Å². The molecule has 0 radical (unpaired) electrons. The molecule has 0 aliphatic carbocycles. The van der Waals surface area contributed by atoms with Crippen LogP contribution in [0.2, 0.25) is 0 Å². The second-order valence-electron chi connectivity index (χ2n) is 3.66. The van der Waals surface area contributed by atoms with Crippen molar-refractivity contribution in [3.8, 4) is 0 Å². The van der Waals surface area contributed by atoms with E-state index in [9.17, 15) is 9.18 Å². The van der Waals surface area contributed by atoms with Crippen LogP contribution < -0.4 is 5.32 Å². The van der Waals surface area contributed by atoms with Crippen LogP contribution in [-0.2, 0) is 4.74 Å². The maximum absolute atomic E-state index is 12.9. The van der Waals surface area contributed by atoms with E-state index in [1.54, 1.807) is 7.11 Å². The van der Waals surface area contributed by atoms with E-state index in [2.05, 4.69) is 21.2 Å². The quantitative estimate of drug-likeness (QED) is 0.908. The molecule has 0 aliphatic heterocycles. The molecule has 1 aromatic rings. The van der Waals surface area contributed by atoms with Gasteiger partial charge in [-0.25, -0.2) is 4.39 Å². The van der Waals surface area contributed by atoms with Crippen LogP contribution >= 0.6 is 15.9 Å². The van der Waals surface area contributed by atoms with E-state index in [1.165, 1.54) is 18.2 Å². The van der Waals surface area contributed by atoms with Gasteiger partial charge in [-0.15, -0.1) is 0 Å². The van der Waals surface area contributed by atoms with Gasteiger partial charge in [0.15, 0.2) is 0 Å². The van der Waals surface area contributed by atoms with E-state index >= 15 is 0 Å². The summed E-state index contributed by atoms with van der Waals surface area (Å²) in [7, 11) is 1.59. The summed E-state index contributed by atoms with van der Waals surface area (Å²) in [5.74, 6) is -0.613. The number of rotatable bonds is 5. The first-order valence-corrected chi connectivity index (χ1v) is 6.12. The van der Waals surface area contributed by atoms with Gasteiger partial charge in [0.2, 0.25) is 0 Å². The fourth-order valence-electron chi connectivity index (χ4n) is 1.40. The van der Waals surface area contributed by atoms with Crippen molar-refractivity contribution < 1.29 is 13.9 Å². The summed E-state index contributed by atoms with van der Waals surface area (Å²) in [6.45, 7) is 2.42. The Hall–Kier alpha value is -0.940. The maximum atomic E-state index is 12.9. The van der Waals surface area contributed by atoms with Crippen molar-refractivity contribution in [3.05, 3.63) is 34.1 Å². The van der Waals surface area contributed by atoms with Gasteiger partial charge in [0.05, 0.1) is 18.2 Å². The number of benzene rings is 1. The normalized spacial score (nSPS) is 12.2. The predicted molar refractivity (Wildman–Crippen MR) is 67.5 cm³/mol. The number of hydrogen-bond acceptors (Lipinski definition) is 2. The van der Waals surface area contributed by atoms with E-state index in [-0.39, 0.29) is 17.8 Å². The first kappa shape index (κ1) is 14.1. The van der Waals surface area contributed by atoms with E-state index in [0.29, 0.717) is 16.6 Å². The number of ether oxygens (including phenoxy) is 1. The second kappa shape index (κ2) is 6.71. The molecule has 0 fully saturated rings. The summed E-state index contributed by atoms with van der Waals surface area (Å²) < 4.78 is 18.3. The molecule has 1 amide bonds. The number of halogens is 2. The van der Waals surface area contributed by atoms with E-state index in [0.717, 1.165) is 6.42 Å². The van der Waals surface area contributed by atoms with Gasteiger partial charge in [-0.3, -0.25) is 4.79 Å². The zero-order chi connectivity index (χ0) is 12.8. The first-order valence-electron chi connectivity index (χ1n) is 5.33. The van der Waals surface area contributed by atoms with Crippen LogP contribution in [0.1, 0.15) is 23.7 Å². The Morgan fingerprint density at radius 1 is 1.59 bits per heavy atom. The Morgan fingerprint density at radius 3 is 2.82 bits per heavy atom. The van der Waals surface area contributed by atoms with Crippen molar-refractivity contribution in [1.29, 1.82) is 0 Å². The Labute approximate surface area is 108 Å². The molecular formula is C12H15BrFNO2. The van der Waals surface area contributed by atoms with Crippen LogP contribution in [0, 0.1) is 5.82 Å². The van der Waals surface area contributed by atoms with Crippen molar-refractivity contribution in [2.45, 2.75) is 19.4 Å². The summed E-state index contributed by atoms with van der Waals surface area (Å²) in [4.78, 5) is 11.9. The highest BCUT2D eigenvalue weighted by Crippen LogP contribution is 2.18. The molecule has 0 saturated heterocycles. The Balaban J connectivity index is 2.75. The number of methoxy groups -OCH3 is 1. The van der Waals surface area contributed by atoms with Gasteiger partial charge in [-0.05, 0) is 40.5 Å². The Morgan fingerprint density at radius 2 is 2.29 bits per heavy atom. The lowest BCUT2D eigenvalue weighted by atomic mass is 10.1. The number of amides is 1. The minimum absolute atomic E-state index is 0.0375. The lowest BCUT2D eigenvalue weighted by molar-refractivity contribution is 0.0894. The van der Waals surface area contributed by atoms with E-state index in [1.807, 2.05) is 6.92 Å². The van der Waals surface area contributed by atoms with Crippen molar-refractivity contribution in [2.75, 3.05) is 13.7 Å². The number of nitrogens with one attached hydrogen (secondary N) is 1. The second-order valence-corrected chi connectivity index (χ2v) is 4.51. The standard InChI is InChI=1S/C12H15BrFNO2/c1-3-9(7-17-2)15-12(16)10-5-4-8(14)6-11(10)13/h4-6,9H,3,7H2,1-2H3,(H,15,16). The van der Waals surface area contributed by atoms with Crippen LogP contribution in [0.4, 0.5) is 4.39 Å². The van der Waals surface area contributed by atoms with Crippen LogP contribution in [0.5, 0.6) is 0 Å². The summed E-state index contributed by atoms with van der Waals surface area (Å²) in [6, 6.07) is 3.95. The van der Waals surface area contributed by atoms with Crippen LogP contribution in [0.15, 0.2) is 22.7 Å². The Bertz CT molecular complexity index is 398. The molecule has 1 atom stereocenters. The molecule has 94 valence electrons. The van der Waals surface area contributed by atoms with Gasteiger partial charge in [-0.2, -0.15) is 0 Å². The highest BCUT2D eigenvalue weighted by atomic mass is 79.9. The highest BCUT2D eigenvalue weighted by molar-refractivity contribution is 9.10. The molecule has 1 unspecified atom stereocenters. The third kappa shape index (κ3) is 4.09. The molecule has 0 bridgehead atoms. The highest BCUT2D eigenvalue weighted by Gasteiger charge is 2.14. The van der Waals surface area contributed by atoms with Crippen molar-refractivity contribution in [3.63, 3.8) is 0 Å². The molecule has 3 nitrogen and oxygen atoms in total. The minimum Gasteiger partial charge on any atom is -0.383 e. The third-order valence-corrected chi connectivity index (χ3v) is 3.03. The molecule has 17 heavy (non-hydrogen) atoms. The minimum atomic E-state index is -0.377. The topological polar surface area (TPSA) is 38.3 Å². The number of carbonyl (C=O) groups excluding carboxylic acids is 1. The largest absolute Gasteiger partial charge is 0.383 e. The molecular weight excluding hydrogens is 289 g/mol. The average molecular weight is 304 g/mol. The zero-order valence-corrected chi connectivity index (χ0v) is 11.4. The van der Waals surface area contributed by atoms with Gasteiger partial charge >= 0.3 is 0 Å². The summed E-state index contributed by atoms with van der Waals surface area (Å²) in [5, 5.41) is 2.83. The fraction of sp³-hybridized carbons (Fsp3) is 0.417. The maximum Gasteiger partial charge on any atom is 0.252 e. The molecule has 1 N–H and O–H groups in total. The van der Waals surface area contributed by atoms with Crippen LogP contribution in [-0.4, -0.2) is 25.7 Å². The van der Waals surface area contributed by atoms with Crippen LogP contribution in [0.3, 0.4) is 0 Å².